The molecule has 2 N–H and O–H groups in total. The van der Waals surface area contributed by atoms with E-state index in [4.69, 9.17) is 10.6 Å². The van der Waals surface area contributed by atoms with Crippen LogP contribution in [0.15, 0.2) is 42.5 Å². The van der Waals surface area contributed by atoms with Gasteiger partial charge in [-0.2, -0.15) is 5.90 Å². The SMILES string of the molecule is COc1ccc2c(c1)[C@@]1(C)CCN(C)[C@H](C2)[C@@H]1c1cccc(C(=O)ON)c1. The molecule has 1 aliphatic carbocycles. The third kappa shape index (κ3) is 2.82. The molecule has 0 unspecified atom stereocenters. The van der Waals surface area contributed by atoms with Gasteiger partial charge in [-0.15, -0.1) is 0 Å². The van der Waals surface area contributed by atoms with Crippen LogP contribution in [0.4, 0.5) is 0 Å². The van der Waals surface area contributed by atoms with E-state index in [0.717, 1.165) is 30.7 Å². The lowest BCUT2D eigenvalue weighted by molar-refractivity contribution is 0.0502. The first kappa shape index (κ1) is 18.0. The lowest BCUT2D eigenvalue weighted by atomic mass is 9.56. The average Bonchev–Trinajstić information content (AvgIpc) is 2.70. The summed E-state index contributed by atoms with van der Waals surface area (Å²) in [5, 5.41) is 0. The minimum atomic E-state index is -0.501. The molecule has 2 aromatic rings. The van der Waals surface area contributed by atoms with E-state index < -0.39 is 5.97 Å². The van der Waals surface area contributed by atoms with Crippen LogP contribution in [0.25, 0.3) is 0 Å². The Morgan fingerprint density at radius 3 is 2.81 bits per heavy atom. The quantitative estimate of drug-likeness (QED) is 0.846. The fourth-order valence-electron chi connectivity index (χ4n) is 5.12. The number of likely N-dealkylation sites (tertiary alicyclic amines) is 1. The molecule has 3 atom stereocenters. The van der Waals surface area contributed by atoms with Gasteiger partial charge in [0.15, 0.2) is 0 Å². The standard InChI is InChI=1S/C22H26N2O3/c1-22-9-10-24(2)19(12-14-7-8-17(26-3)13-18(14)22)20(22)15-5-4-6-16(11-15)21(25)27-23/h4-8,11,13,19-20H,9-10,12,23H2,1-3H3/t19-,20+,22-/m1/s1. The molecule has 0 saturated carbocycles. The van der Waals surface area contributed by atoms with Gasteiger partial charge in [-0.05, 0) is 67.4 Å². The van der Waals surface area contributed by atoms with Crippen molar-refractivity contribution in [2.24, 2.45) is 5.90 Å². The number of ether oxygens (including phenoxy) is 1. The van der Waals surface area contributed by atoms with Crippen molar-refractivity contribution in [2.45, 2.75) is 37.1 Å². The molecule has 4 rings (SSSR count). The second kappa shape index (κ2) is 6.66. The van der Waals surface area contributed by atoms with Crippen molar-refractivity contribution < 1.29 is 14.4 Å². The molecule has 2 aromatic carbocycles. The molecule has 1 heterocycles. The normalized spacial score (nSPS) is 27.0. The first-order valence-electron chi connectivity index (χ1n) is 9.36. The highest BCUT2D eigenvalue weighted by atomic mass is 16.7. The maximum atomic E-state index is 11.9. The predicted molar refractivity (Wildman–Crippen MR) is 104 cm³/mol. The number of piperidine rings is 1. The van der Waals surface area contributed by atoms with Crippen molar-refractivity contribution in [3.05, 3.63) is 64.7 Å². The van der Waals surface area contributed by atoms with Crippen LogP contribution in [0.3, 0.4) is 0 Å². The van der Waals surface area contributed by atoms with Gasteiger partial charge in [0.25, 0.3) is 0 Å². The van der Waals surface area contributed by atoms with E-state index in [2.05, 4.69) is 48.0 Å². The number of carbonyl (C=O) groups is 1. The number of benzene rings is 2. The Morgan fingerprint density at radius 1 is 1.26 bits per heavy atom. The van der Waals surface area contributed by atoms with Gasteiger partial charge in [0.05, 0.1) is 12.7 Å². The average molecular weight is 366 g/mol. The van der Waals surface area contributed by atoms with Gasteiger partial charge in [0.2, 0.25) is 0 Å². The summed E-state index contributed by atoms with van der Waals surface area (Å²) >= 11 is 0. The van der Waals surface area contributed by atoms with Crippen LogP contribution in [0.1, 0.15) is 46.3 Å². The monoisotopic (exact) mass is 366 g/mol. The maximum Gasteiger partial charge on any atom is 0.356 e. The van der Waals surface area contributed by atoms with Crippen molar-refractivity contribution >= 4 is 5.97 Å². The highest BCUT2D eigenvalue weighted by Crippen LogP contribution is 2.53. The number of carbonyl (C=O) groups excluding carboxylic acids is 1. The van der Waals surface area contributed by atoms with Crippen molar-refractivity contribution in [2.75, 3.05) is 20.7 Å². The Labute approximate surface area is 160 Å². The Hall–Kier alpha value is -2.37. The summed E-state index contributed by atoms with van der Waals surface area (Å²) < 4.78 is 5.50. The molecule has 0 radical (unpaired) electrons. The van der Waals surface area contributed by atoms with Crippen LogP contribution in [0, 0.1) is 0 Å². The number of likely N-dealkylation sites (N-methyl/N-ethyl adjacent to an activating group) is 1. The van der Waals surface area contributed by atoms with E-state index >= 15 is 0 Å². The van der Waals surface area contributed by atoms with Gasteiger partial charge in [-0.25, -0.2) is 4.79 Å². The summed E-state index contributed by atoms with van der Waals surface area (Å²) in [4.78, 5) is 18.8. The fraction of sp³-hybridized carbons (Fsp3) is 0.409. The van der Waals surface area contributed by atoms with Crippen molar-refractivity contribution in [3.63, 3.8) is 0 Å². The number of hydrogen-bond acceptors (Lipinski definition) is 5. The molecule has 2 aliphatic rings. The number of rotatable bonds is 3. The topological polar surface area (TPSA) is 64.8 Å². The molecule has 2 bridgehead atoms. The maximum absolute atomic E-state index is 11.9. The number of nitrogens with two attached hydrogens (primary N) is 1. The molecule has 1 fully saturated rings. The van der Waals surface area contributed by atoms with Crippen molar-refractivity contribution in [1.29, 1.82) is 0 Å². The summed E-state index contributed by atoms with van der Waals surface area (Å²) in [6.07, 6.45) is 2.04. The minimum Gasteiger partial charge on any atom is -0.497 e. The van der Waals surface area contributed by atoms with Gasteiger partial charge in [-0.3, -0.25) is 0 Å². The van der Waals surface area contributed by atoms with E-state index in [-0.39, 0.29) is 11.3 Å². The molecule has 0 aromatic heterocycles. The Morgan fingerprint density at radius 2 is 2.07 bits per heavy atom. The number of fused-ring (bicyclic) bond motifs is 4. The van der Waals surface area contributed by atoms with Gasteiger partial charge < -0.3 is 14.5 Å². The first-order chi connectivity index (χ1) is 13.0. The summed E-state index contributed by atoms with van der Waals surface area (Å²) in [6, 6.07) is 14.6. The molecule has 27 heavy (non-hydrogen) atoms. The van der Waals surface area contributed by atoms with E-state index in [1.54, 1.807) is 13.2 Å². The highest BCUT2D eigenvalue weighted by molar-refractivity contribution is 5.89. The Balaban J connectivity index is 1.86. The second-order valence-electron chi connectivity index (χ2n) is 7.95. The van der Waals surface area contributed by atoms with Crippen LogP contribution < -0.4 is 10.6 Å². The number of hydrogen-bond donors (Lipinski definition) is 1. The van der Waals surface area contributed by atoms with E-state index in [9.17, 15) is 4.79 Å². The Bertz CT molecular complexity index is 882. The van der Waals surface area contributed by atoms with Crippen LogP contribution in [-0.2, 0) is 16.7 Å². The summed E-state index contributed by atoms with van der Waals surface area (Å²) in [6.45, 7) is 3.40. The van der Waals surface area contributed by atoms with Gasteiger partial charge >= 0.3 is 5.97 Å². The predicted octanol–water partition coefficient (Wildman–Crippen LogP) is 3.03. The zero-order valence-electron chi connectivity index (χ0n) is 16.1. The van der Waals surface area contributed by atoms with Crippen LogP contribution in [0.5, 0.6) is 5.75 Å². The highest BCUT2D eigenvalue weighted by Gasteiger charge is 2.50. The molecule has 142 valence electrons. The zero-order chi connectivity index (χ0) is 19.2. The minimum absolute atomic E-state index is 0.0233. The van der Waals surface area contributed by atoms with Crippen LogP contribution in [-0.4, -0.2) is 37.6 Å². The fourth-order valence-corrected chi connectivity index (χ4v) is 5.12. The zero-order valence-corrected chi connectivity index (χ0v) is 16.1. The van der Waals surface area contributed by atoms with E-state index in [1.165, 1.54) is 11.1 Å². The smallest absolute Gasteiger partial charge is 0.356 e. The number of nitrogens with zero attached hydrogens (tertiary/aromatic N) is 1. The summed E-state index contributed by atoms with van der Waals surface area (Å²) in [5.41, 5.74) is 4.39. The molecule has 1 saturated heterocycles. The Kier molecular flexibility index (Phi) is 4.44. The molecule has 5 heteroatoms. The van der Waals surface area contributed by atoms with Gasteiger partial charge in [0, 0.05) is 17.4 Å². The molecule has 1 aliphatic heterocycles. The lowest BCUT2D eigenvalue weighted by Crippen LogP contribution is -2.56. The third-order valence-electron chi connectivity index (χ3n) is 6.57. The molecular formula is C22H26N2O3. The first-order valence-corrected chi connectivity index (χ1v) is 9.36. The van der Waals surface area contributed by atoms with Crippen LogP contribution in [0.2, 0.25) is 0 Å². The molecule has 0 spiro atoms. The second-order valence-corrected chi connectivity index (χ2v) is 7.95. The third-order valence-corrected chi connectivity index (χ3v) is 6.57. The van der Waals surface area contributed by atoms with Crippen molar-refractivity contribution in [3.8, 4) is 5.75 Å². The van der Waals surface area contributed by atoms with Gasteiger partial charge in [-0.1, -0.05) is 25.1 Å². The lowest BCUT2D eigenvalue weighted by Gasteiger charge is -2.55. The van der Waals surface area contributed by atoms with Crippen molar-refractivity contribution in [1.82, 2.24) is 4.90 Å². The number of methoxy groups -OCH3 is 1. The largest absolute Gasteiger partial charge is 0.497 e. The van der Waals surface area contributed by atoms with Crippen LogP contribution >= 0.6 is 0 Å². The summed E-state index contributed by atoms with van der Waals surface area (Å²) in [5.74, 6) is 5.77. The molecular weight excluding hydrogens is 340 g/mol. The van der Waals surface area contributed by atoms with E-state index in [1.807, 2.05) is 12.1 Å². The van der Waals surface area contributed by atoms with Gasteiger partial charge in [0.1, 0.15) is 5.75 Å². The summed E-state index contributed by atoms with van der Waals surface area (Å²) in [7, 11) is 3.91. The molecule has 0 amide bonds. The molecule has 5 nitrogen and oxygen atoms in total. The van der Waals surface area contributed by atoms with E-state index in [0.29, 0.717) is 11.6 Å².